The molecule has 0 aliphatic carbocycles. The molecule has 122 valence electrons. The average molecular weight is 311 g/mol. The number of aliphatic hydroxyl groups excluding tert-OH is 1. The van der Waals surface area contributed by atoms with Crippen LogP contribution in [0, 0.1) is 11.8 Å². The summed E-state index contributed by atoms with van der Waals surface area (Å²) in [6.45, 7) is 5.44. The smallest absolute Gasteiger partial charge is 0.416 e. The molecule has 8 heteroatoms. The molecule has 2 heterocycles. The number of carbonyl (C=O) groups excluding carboxylic acids is 1. The number of carbonyl (C=O) groups is 1. The Balaban J connectivity index is 2.21. The predicted molar refractivity (Wildman–Crippen MR) is 66.6 cm³/mol. The van der Waals surface area contributed by atoms with Gasteiger partial charge in [-0.25, -0.2) is 4.79 Å². The highest BCUT2D eigenvalue weighted by molar-refractivity contribution is 5.69. The van der Waals surface area contributed by atoms with E-state index in [4.69, 9.17) is 9.47 Å². The number of likely N-dealkylation sites (tertiary alicyclic amines) is 1. The van der Waals surface area contributed by atoms with E-state index in [2.05, 4.69) is 0 Å². The van der Waals surface area contributed by atoms with Crippen LogP contribution in [-0.2, 0) is 9.47 Å². The molecular formula is C13H20F3NO4. The van der Waals surface area contributed by atoms with Gasteiger partial charge in [0.2, 0.25) is 0 Å². The summed E-state index contributed by atoms with van der Waals surface area (Å²) in [7, 11) is 0. The maximum absolute atomic E-state index is 12.9. The monoisotopic (exact) mass is 311 g/mol. The second-order valence-corrected chi connectivity index (χ2v) is 6.57. The molecule has 0 bridgehead atoms. The Morgan fingerprint density at radius 1 is 1.33 bits per heavy atom. The summed E-state index contributed by atoms with van der Waals surface area (Å²) < 4.78 is 48.9. The Labute approximate surface area is 121 Å². The van der Waals surface area contributed by atoms with Crippen LogP contribution in [0.15, 0.2) is 0 Å². The lowest BCUT2D eigenvalue weighted by molar-refractivity contribution is -0.221. The van der Waals surface area contributed by atoms with Crippen molar-refractivity contribution in [2.24, 2.45) is 11.8 Å². The van der Waals surface area contributed by atoms with Gasteiger partial charge in [0.15, 0.2) is 6.10 Å². The van der Waals surface area contributed by atoms with Crippen LogP contribution in [-0.4, -0.2) is 59.8 Å². The minimum Gasteiger partial charge on any atom is -0.444 e. The lowest BCUT2D eigenvalue weighted by Gasteiger charge is -2.33. The van der Waals surface area contributed by atoms with E-state index in [0.29, 0.717) is 6.61 Å². The molecule has 0 spiro atoms. The van der Waals surface area contributed by atoms with E-state index in [1.165, 1.54) is 0 Å². The zero-order valence-electron chi connectivity index (χ0n) is 12.2. The quantitative estimate of drug-likeness (QED) is 0.802. The summed E-state index contributed by atoms with van der Waals surface area (Å²) in [6.07, 6.45) is -8.21. The van der Waals surface area contributed by atoms with Gasteiger partial charge in [-0.3, -0.25) is 0 Å². The van der Waals surface area contributed by atoms with Crippen molar-refractivity contribution in [2.75, 3.05) is 19.8 Å². The van der Waals surface area contributed by atoms with E-state index < -0.39 is 35.9 Å². The first-order valence-electron chi connectivity index (χ1n) is 6.83. The van der Waals surface area contributed by atoms with Gasteiger partial charge in [0.25, 0.3) is 0 Å². The SMILES string of the molecule is CC(C)(C)OC(=O)N1CC2COCC2C1C(O)C(F)(F)F. The average Bonchev–Trinajstić information content (AvgIpc) is 2.82. The molecule has 0 saturated carbocycles. The van der Waals surface area contributed by atoms with Crippen molar-refractivity contribution in [1.29, 1.82) is 0 Å². The first kappa shape index (κ1) is 16.4. The van der Waals surface area contributed by atoms with Crippen LogP contribution < -0.4 is 0 Å². The molecule has 4 atom stereocenters. The predicted octanol–water partition coefficient (Wildman–Crippen LogP) is 1.79. The fourth-order valence-corrected chi connectivity index (χ4v) is 2.90. The van der Waals surface area contributed by atoms with Gasteiger partial charge in [0, 0.05) is 18.4 Å². The first-order chi connectivity index (χ1) is 9.50. The molecule has 1 amide bonds. The number of hydrogen-bond donors (Lipinski definition) is 1. The van der Waals surface area contributed by atoms with Crippen molar-refractivity contribution in [1.82, 2.24) is 4.90 Å². The molecule has 2 rings (SSSR count). The van der Waals surface area contributed by atoms with Crippen LogP contribution in [0.25, 0.3) is 0 Å². The van der Waals surface area contributed by atoms with Crippen molar-refractivity contribution in [2.45, 2.75) is 44.7 Å². The number of hydrogen-bond acceptors (Lipinski definition) is 4. The van der Waals surface area contributed by atoms with Gasteiger partial charge in [-0.2, -0.15) is 13.2 Å². The number of nitrogens with zero attached hydrogens (tertiary/aromatic N) is 1. The zero-order chi connectivity index (χ0) is 16.0. The molecule has 0 radical (unpaired) electrons. The second-order valence-electron chi connectivity index (χ2n) is 6.57. The molecular weight excluding hydrogens is 291 g/mol. The summed E-state index contributed by atoms with van der Waals surface area (Å²) >= 11 is 0. The lowest BCUT2D eigenvalue weighted by atomic mass is 9.90. The number of amides is 1. The van der Waals surface area contributed by atoms with Gasteiger partial charge in [0.05, 0.1) is 19.3 Å². The molecule has 1 N–H and O–H groups in total. The summed E-state index contributed by atoms with van der Waals surface area (Å²) in [5.41, 5.74) is -0.807. The third-order valence-electron chi connectivity index (χ3n) is 3.76. The van der Waals surface area contributed by atoms with Crippen molar-refractivity contribution in [3.8, 4) is 0 Å². The Bertz CT molecular complexity index is 407. The number of alkyl halides is 3. The normalized spacial score (nSPS) is 31.2. The summed E-state index contributed by atoms with van der Waals surface area (Å²) in [4.78, 5) is 13.1. The Morgan fingerprint density at radius 2 is 1.95 bits per heavy atom. The van der Waals surface area contributed by atoms with Crippen molar-refractivity contribution in [3.05, 3.63) is 0 Å². The van der Waals surface area contributed by atoms with Crippen LogP contribution in [0.2, 0.25) is 0 Å². The largest absolute Gasteiger partial charge is 0.444 e. The van der Waals surface area contributed by atoms with E-state index in [-0.39, 0.29) is 19.1 Å². The second kappa shape index (κ2) is 5.31. The van der Waals surface area contributed by atoms with Crippen LogP contribution in [0.3, 0.4) is 0 Å². The van der Waals surface area contributed by atoms with Gasteiger partial charge in [-0.15, -0.1) is 0 Å². The van der Waals surface area contributed by atoms with E-state index >= 15 is 0 Å². The van der Waals surface area contributed by atoms with E-state index in [1.54, 1.807) is 20.8 Å². The van der Waals surface area contributed by atoms with Crippen LogP contribution in [0.4, 0.5) is 18.0 Å². The van der Waals surface area contributed by atoms with Crippen molar-refractivity contribution >= 4 is 6.09 Å². The minimum absolute atomic E-state index is 0.109. The molecule has 0 aromatic carbocycles. The number of ether oxygens (including phenoxy) is 2. The van der Waals surface area contributed by atoms with Gasteiger partial charge >= 0.3 is 12.3 Å². The molecule has 5 nitrogen and oxygen atoms in total. The summed E-state index contributed by atoms with van der Waals surface area (Å²) in [5.74, 6) is -0.714. The molecule has 2 fully saturated rings. The van der Waals surface area contributed by atoms with Crippen LogP contribution in [0.1, 0.15) is 20.8 Å². The zero-order valence-corrected chi connectivity index (χ0v) is 12.2. The number of aliphatic hydroxyl groups is 1. The van der Waals surface area contributed by atoms with Crippen molar-refractivity contribution < 1.29 is 32.5 Å². The number of halogens is 3. The topological polar surface area (TPSA) is 59.0 Å². The number of rotatable bonds is 1. The lowest BCUT2D eigenvalue weighted by Crippen LogP contribution is -2.53. The van der Waals surface area contributed by atoms with Gasteiger partial charge in [-0.1, -0.05) is 0 Å². The van der Waals surface area contributed by atoms with Gasteiger partial charge in [-0.05, 0) is 20.8 Å². The molecule has 2 saturated heterocycles. The standard InChI is InChI=1S/C13H20F3NO4/c1-12(2,3)21-11(19)17-4-7-5-20-6-8(7)9(17)10(18)13(14,15)16/h7-10,18H,4-6H2,1-3H3. The van der Waals surface area contributed by atoms with Gasteiger partial charge < -0.3 is 19.5 Å². The highest BCUT2D eigenvalue weighted by Crippen LogP contribution is 2.40. The minimum atomic E-state index is -4.79. The van der Waals surface area contributed by atoms with E-state index in [0.717, 1.165) is 4.90 Å². The molecule has 0 aromatic rings. The van der Waals surface area contributed by atoms with Crippen LogP contribution in [0.5, 0.6) is 0 Å². The Kier molecular flexibility index (Phi) is 4.14. The highest BCUT2D eigenvalue weighted by Gasteiger charge is 2.57. The van der Waals surface area contributed by atoms with Crippen molar-refractivity contribution in [3.63, 3.8) is 0 Å². The third-order valence-corrected chi connectivity index (χ3v) is 3.76. The maximum Gasteiger partial charge on any atom is 0.416 e. The van der Waals surface area contributed by atoms with E-state index in [1.807, 2.05) is 0 Å². The van der Waals surface area contributed by atoms with Gasteiger partial charge in [0.1, 0.15) is 5.60 Å². The molecule has 21 heavy (non-hydrogen) atoms. The first-order valence-corrected chi connectivity index (χ1v) is 6.83. The molecule has 2 aliphatic rings. The molecule has 2 aliphatic heterocycles. The maximum atomic E-state index is 12.9. The fourth-order valence-electron chi connectivity index (χ4n) is 2.90. The Morgan fingerprint density at radius 3 is 2.48 bits per heavy atom. The summed E-state index contributed by atoms with van der Waals surface area (Å²) in [6, 6.07) is -1.35. The molecule has 0 aromatic heterocycles. The van der Waals surface area contributed by atoms with E-state index in [9.17, 15) is 23.1 Å². The summed E-state index contributed by atoms with van der Waals surface area (Å²) in [5, 5.41) is 9.62. The highest BCUT2D eigenvalue weighted by atomic mass is 19.4. The number of fused-ring (bicyclic) bond motifs is 1. The third kappa shape index (κ3) is 3.42. The Hall–Kier alpha value is -1.02. The van der Waals surface area contributed by atoms with Crippen LogP contribution >= 0.6 is 0 Å². The fraction of sp³-hybridized carbons (Fsp3) is 0.923. The molecule has 4 unspecified atom stereocenters.